The van der Waals surface area contributed by atoms with Gasteiger partial charge in [-0.05, 0) is 38.1 Å². The first-order chi connectivity index (χ1) is 10.0. The number of nitrogens with two attached hydrogens (primary N) is 1. The maximum atomic E-state index is 13.9. The molecule has 0 radical (unpaired) electrons. The van der Waals surface area contributed by atoms with E-state index in [0.29, 0.717) is 12.8 Å². The summed E-state index contributed by atoms with van der Waals surface area (Å²) in [5.74, 6) is -1.92. The van der Waals surface area contributed by atoms with E-state index in [9.17, 15) is 14.0 Å². The van der Waals surface area contributed by atoms with Crippen LogP contribution in [-0.2, 0) is 4.79 Å². The van der Waals surface area contributed by atoms with Crippen molar-refractivity contribution in [1.29, 1.82) is 0 Å². The van der Waals surface area contributed by atoms with Crippen LogP contribution in [0.25, 0.3) is 0 Å². The molecule has 1 aromatic rings. The van der Waals surface area contributed by atoms with Crippen molar-refractivity contribution in [2.45, 2.75) is 18.9 Å². The number of amides is 2. The van der Waals surface area contributed by atoms with Crippen molar-refractivity contribution in [3.05, 3.63) is 34.6 Å². The normalized spacial score (nSPS) is 15.7. The molecular weight excluding hydrogens is 297 g/mol. The number of rotatable bonds is 4. The first kappa shape index (κ1) is 15.7. The molecule has 0 aromatic heterocycles. The highest BCUT2D eigenvalue weighted by molar-refractivity contribution is 6.33. The second-order valence-electron chi connectivity index (χ2n) is 4.98. The highest BCUT2D eigenvalue weighted by atomic mass is 35.5. The lowest BCUT2D eigenvalue weighted by Gasteiger charge is -2.34. The predicted molar refractivity (Wildman–Crippen MR) is 77.5 cm³/mol. The highest BCUT2D eigenvalue weighted by Gasteiger charge is 2.30. The summed E-state index contributed by atoms with van der Waals surface area (Å²) in [6.45, 7) is 1.23. The third kappa shape index (κ3) is 3.71. The van der Waals surface area contributed by atoms with Gasteiger partial charge in [0.05, 0.1) is 17.1 Å². The SMILES string of the molecule is NC(=O)CN(C(=O)c1c(F)cccc1Cl)C1CCNCC1. The Kier molecular flexibility index (Phi) is 5.14. The van der Waals surface area contributed by atoms with Gasteiger partial charge in [0, 0.05) is 6.04 Å². The molecule has 21 heavy (non-hydrogen) atoms. The van der Waals surface area contributed by atoms with E-state index >= 15 is 0 Å². The predicted octanol–water partition coefficient (Wildman–Crippen LogP) is 1.16. The fourth-order valence-corrected chi connectivity index (χ4v) is 2.74. The third-order valence-corrected chi connectivity index (χ3v) is 3.83. The van der Waals surface area contributed by atoms with Crippen molar-refractivity contribution in [1.82, 2.24) is 10.2 Å². The number of hydrogen-bond donors (Lipinski definition) is 2. The Labute approximate surface area is 127 Å². The van der Waals surface area contributed by atoms with Crippen molar-refractivity contribution in [2.24, 2.45) is 5.73 Å². The maximum Gasteiger partial charge on any atom is 0.259 e. The number of carbonyl (C=O) groups excluding carboxylic acids is 2. The lowest BCUT2D eigenvalue weighted by molar-refractivity contribution is -0.119. The number of halogens is 2. The van der Waals surface area contributed by atoms with Crippen LogP contribution in [-0.4, -0.2) is 42.4 Å². The van der Waals surface area contributed by atoms with Crippen LogP contribution in [0.5, 0.6) is 0 Å². The molecule has 0 spiro atoms. The van der Waals surface area contributed by atoms with E-state index in [1.54, 1.807) is 0 Å². The van der Waals surface area contributed by atoms with E-state index in [1.807, 2.05) is 0 Å². The monoisotopic (exact) mass is 313 g/mol. The lowest BCUT2D eigenvalue weighted by atomic mass is 10.0. The molecule has 0 aliphatic carbocycles. The molecule has 3 N–H and O–H groups in total. The fourth-order valence-electron chi connectivity index (χ4n) is 2.50. The molecular formula is C14H17ClFN3O2. The molecule has 1 fully saturated rings. The Balaban J connectivity index is 2.31. The molecule has 1 heterocycles. The zero-order valence-electron chi connectivity index (χ0n) is 11.4. The van der Waals surface area contributed by atoms with Crippen molar-refractivity contribution in [3.8, 4) is 0 Å². The lowest BCUT2D eigenvalue weighted by Crippen LogP contribution is -2.49. The molecule has 2 amide bonds. The average molecular weight is 314 g/mol. The highest BCUT2D eigenvalue weighted by Crippen LogP contribution is 2.23. The van der Waals surface area contributed by atoms with Gasteiger partial charge in [-0.15, -0.1) is 0 Å². The zero-order valence-corrected chi connectivity index (χ0v) is 12.2. The fraction of sp³-hybridized carbons (Fsp3) is 0.429. The maximum absolute atomic E-state index is 13.9. The van der Waals surface area contributed by atoms with Gasteiger partial charge in [-0.2, -0.15) is 0 Å². The largest absolute Gasteiger partial charge is 0.368 e. The van der Waals surface area contributed by atoms with Crippen molar-refractivity contribution >= 4 is 23.4 Å². The van der Waals surface area contributed by atoms with Crippen LogP contribution in [0.3, 0.4) is 0 Å². The smallest absolute Gasteiger partial charge is 0.259 e. The van der Waals surface area contributed by atoms with E-state index in [0.717, 1.165) is 13.1 Å². The van der Waals surface area contributed by atoms with Crippen molar-refractivity contribution in [2.75, 3.05) is 19.6 Å². The number of piperidine rings is 1. The van der Waals surface area contributed by atoms with Crippen LogP contribution in [0.2, 0.25) is 5.02 Å². The van der Waals surface area contributed by atoms with Gasteiger partial charge in [0.2, 0.25) is 5.91 Å². The third-order valence-electron chi connectivity index (χ3n) is 3.51. The average Bonchev–Trinajstić information content (AvgIpc) is 2.45. The summed E-state index contributed by atoms with van der Waals surface area (Å²) >= 11 is 5.93. The van der Waals surface area contributed by atoms with Gasteiger partial charge in [-0.25, -0.2) is 4.39 Å². The second kappa shape index (κ2) is 6.87. The second-order valence-corrected chi connectivity index (χ2v) is 5.38. The molecule has 0 atom stereocenters. The molecule has 1 saturated heterocycles. The van der Waals surface area contributed by atoms with Gasteiger partial charge >= 0.3 is 0 Å². The Hall–Kier alpha value is -1.66. The summed E-state index contributed by atoms with van der Waals surface area (Å²) in [5.41, 5.74) is 5.01. The Morgan fingerprint density at radius 1 is 1.38 bits per heavy atom. The number of hydrogen-bond acceptors (Lipinski definition) is 3. The number of carbonyl (C=O) groups is 2. The van der Waals surface area contributed by atoms with Gasteiger partial charge in [-0.3, -0.25) is 9.59 Å². The molecule has 0 bridgehead atoms. The molecule has 1 aliphatic heterocycles. The Morgan fingerprint density at radius 3 is 2.62 bits per heavy atom. The summed E-state index contributed by atoms with van der Waals surface area (Å²) in [4.78, 5) is 25.2. The minimum Gasteiger partial charge on any atom is -0.368 e. The summed E-state index contributed by atoms with van der Waals surface area (Å²) < 4.78 is 13.9. The summed E-state index contributed by atoms with van der Waals surface area (Å²) in [5, 5.41) is 3.20. The van der Waals surface area contributed by atoms with Crippen LogP contribution in [0.15, 0.2) is 18.2 Å². The van der Waals surface area contributed by atoms with E-state index in [-0.39, 0.29) is 23.2 Å². The number of benzene rings is 1. The van der Waals surface area contributed by atoms with Crippen molar-refractivity contribution in [3.63, 3.8) is 0 Å². The minimum atomic E-state index is -0.698. The van der Waals surface area contributed by atoms with Gasteiger partial charge in [0.15, 0.2) is 0 Å². The van der Waals surface area contributed by atoms with Gasteiger partial charge in [0.1, 0.15) is 5.82 Å². The summed E-state index contributed by atoms with van der Waals surface area (Å²) in [6, 6.07) is 3.89. The molecule has 2 rings (SSSR count). The summed E-state index contributed by atoms with van der Waals surface area (Å²) in [6.07, 6.45) is 1.37. The van der Waals surface area contributed by atoms with Crippen LogP contribution < -0.4 is 11.1 Å². The zero-order chi connectivity index (χ0) is 15.4. The topological polar surface area (TPSA) is 75.4 Å². The van der Waals surface area contributed by atoms with Gasteiger partial charge in [-0.1, -0.05) is 17.7 Å². The molecule has 1 aliphatic rings. The van der Waals surface area contributed by atoms with Crippen molar-refractivity contribution < 1.29 is 14.0 Å². The molecule has 5 nitrogen and oxygen atoms in total. The molecule has 114 valence electrons. The first-order valence-electron chi connectivity index (χ1n) is 6.74. The van der Waals surface area contributed by atoms with Crippen LogP contribution in [0.4, 0.5) is 4.39 Å². The Morgan fingerprint density at radius 2 is 2.05 bits per heavy atom. The van der Waals surface area contributed by atoms with Crippen LogP contribution in [0.1, 0.15) is 23.2 Å². The number of nitrogens with zero attached hydrogens (tertiary/aromatic N) is 1. The van der Waals surface area contributed by atoms with E-state index in [2.05, 4.69) is 5.32 Å². The Bertz CT molecular complexity index is 527. The van der Waals surface area contributed by atoms with E-state index in [4.69, 9.17) is 17.3 Å². The standard InChI is InChI=1S/C14H17ClFN3O2/c15-10-2-1-3-11(16)13(10)14(21)19(8-12(17)20)9-4-6-18-7-5-9/h1-3,9,18H,4-8H2,(H2,17,20). The van der Waals surface area contributed by atoms with Crippen LogP contribution in [0, 0.1) is 5.82 Å². The van der Waals surface area contributed by atoms with Gasteiger partial charge < -0.3 is 16.0 Å². The number of primary amides is 1. The quantitative estimate of drug-likeness (QED) is 0.876. The first-order valence-corrected chi connectivity index (χ1v) is 7.12. The van der Waals surface area contributed by atoms with E-state index in [1.165, 1.54) is 23.1 Å². The van der Waals surface area contributed by atoms with Gasteiger partial charge in [0.25, 0.3) is 5.91 Å². The van der Waals surface area contributed by atoms with E-state index < -0.39 is 17.6 Å². The minimum absolute atomic E-state index is 0.0309. The molecule has 7 heteroatoms. The molecule has 1 aromatic carbocycles. The summed E-state index contributed by atoms with van der Waals surface area (Å²) in [7, 11) is 0. The molecule has 0 unspecified atom stereocenters. The van der Waals surface area contributed by atoms with Crippen LogP contribution >= 0.6 is 11.6 Å². The number of nitrogens with one attached hydrogen (secondary N) is 1. The molecule has 0 saturated carbocycles.